The van der Waals surface area contributed by atoms with Gasteiger partial charge in [-0.2, -0.15) is 0 Å². The number of thioether (sulfide) groups is 1. The van der Waals surface area contributed by atoms with Crippen LogP contribution in [-0.2, 0) is 6.54 Å². The summed E-state index contributed by atoms with van der Waals surface area (Å²) >= 11 is 1.53. The highest BCUT2D eigenvalue weighted by Gasteiger charge is 2.20. The summed E-state index contributed by atoms with van der Waals surface area (Å²) < 4.78 is 1.56. The predicted octanol–water partition coefficient (Wildman–Crippen LogP) is 2.72. The smallest absolute Gasteiger partial charge is 0.267 e. The zero-order chi connectivity index (χ0) is 15.7. The first-order valence-electron chi connectivity index (χ1n) is 7.21. The van der Waals surface area contributed by atoms with Gasteiger partial charge in [0.25, 0.3) is 11.5 Å². The number of nitrogens with zero attached hydrogens (tertiary/aromatic N) is 2. The minimum absolute atomic E-state index is 0.0878. The summed E-state index contributed by atoms with van der Waals surface area (Å²) in [5, 5.41) is 3.53. The van der Waals surface area contributed by atoms with E-state index in [1.807, 2.05) is 24.3 Å². The number of amides is 1. The van der Waals surface area contributed by atoms with E-state index < -0.39 is 5.91 Å². The lowest BCUT2D eigenvalue weighted by Crippen LogP contribution is -2.29. The SMILES string of the molecule is CC(C)c1ccccc1NC(=O)c1cnc2n(c1=O)CCS2. The van der Waals surface area contributed by atoms with Crippen molar-refractivity contribution in [3.63, 3.8) is 0 Å². The summed E-state index contributed by atoms with van der Waals surface area (Å²) in [5.74, 6) is 0.702. The van der Waals surface area contributed by atoms with Crippen molar-refractivity contribution in [3.8, 4) is 0 Å². The maximum absolute atomic E-state index is 12.4. The summed E-state index contributed by atoms with van der Waals surface area (Å²) in [6, 6.07) is 7.63. The van der Waals surface area contributed by atoms with E-state index in [2.05, 4.69) is 24.1 Å². The lowest BCUT2D eigenvalue weighted by atomic mass is 10.0. The molecule has 1 amide bonds. The third-order valence-electron chi connectivity index (χ3n) is 3.63. The maximum atomic E-state index is 12.4. The van der Waals surface area contributed by atoms with E-state index in [0.717, 1.165) is 17.0 Å². The fraction of sp³-hybridized carbons (Fsp3) is 0.312. The van der Waals surface area contributed by atoms with Crippen molar-refractivity contribution < 1.29 is 4.79 Å². The number of aromatic nitrogens is 2. The van der Waals surface area contributed by atoms with Gasteiger partial charge in [0.2, 0.25) is 0 Å². The Morgan fingerprint density at radius 3 is 2.91 bits per heavy atom. The lowest BCUT2D eigenvalue weighted by Gasteiger charge is -2.13. The molecule has 0 atom stereocenters. The van der Waals surface area contributed by atoms with E-state index in [0.29, 0.717) is 11.7 Å². The summed E-state index contributed by atoms with van der Waals surface area (Å²) in [6.45, 7) is 4.73. The number of carbonyl (C=O) groups is 1. The van der Waals surface area contributed by atoms with E-state index in [1.165, 1.54) is 18.0 Å². The van der Waals surface area contributed by atoms with Gasteiger partial charge in [-0.05, 0) is 17.5 Å². The van der Waals surface area contributed by atoms with Gasteiger partial charge in [-0.3, -0.25) is 14.2 Å². The number of rotatable bonds is 3. The van der Waals surface area contributed by atoms with Gasteiger partial charge in [0.05, 0.1) is 0 Å². The molecule has 1 aromatic heterocycles. The first-order chi connectivity index (χ1) is 10.6. The Morgan fingerprint density at radius 2 is 2.14 bits per heavy atom. The second-order valence-electron chi connectivity index (χ2n) is 5.46. The Hall–Kier alpha value is -2.08. The van der Waals surface area contributed by atoms with E-state index in [4.69, 9.17) is 0 Å². The number of benzene rings is 1. The molecule has 5 nitrogen and oxygen atoms in total. The Bertz CT molecular complexity index is 783. The van der Waals surface area contributed by atoms with E-state index in [-0.39, 0.29) is 17.0 Å². The van der Waals surface area contributed by atoms with Crippen LogP contribution in [0, 0.1) is 0 Å². The maximum Gasteiger partial charge on any atom is 0.267 e. The lowest BCUT2D eigenvalue weighted by molar-refractivity contribution is 0.102. The molecule has 6 heteroatoms. The molecule has 0 aliphatic carbocycles. The average molecular weight is 315 g/mol. The minimum Gasteiger partial charge on any atom is -0.322 e. The number of carbonyl (C=O) groups excluding carboxylic acids is 1. The van der Waals surface area contributed by atoms with E-state index >= 15 is 0 Å². The predicted molar refractivity (Wildman–Crippen MR) is 87.7 cm³/mol. The Kier molecular flexibility index (Phi) is 4.02. The van der Waals surface area contributed by atoms with Crippen LogP contribution in [0.15, 0.2) is 40.4 Å². The van der Waals surface area contributed by atoms with Crippen molar-refractivity contribution in [2.24, 2.45) is 0 Å². The molecule has 1 N–H and O–H groups in total. The average Bonchev–Trinajstić information content (AvgIpc) is 2.97. The summed E-state index contributed by atoms with van der Waals surface area (Å²) in [7, 11) is 0. The normalized spacial score (nSPS) is 13.2. The molecule has 1 aliphatic rings. The number of anilines is 1. The molecule has 1 aliphatic heterocycles. The number of nitrogens with one attached hydrogen (secondary N) is 1. The molecule has 22 heavy (non-hydrogen) atoms. The van der Waals surface area contributed by atoms with Crippen molar-refractivity contribution in [2.45, 2.75) is 31.5 Å². The summed E-state index contributed by atoms with van der Waals surface area (Å²) in [5.41, 5.74) is 1.60. The molecule has 3 rings (SSSR count). The fourth-order valence-corrected chi connectivity index (χ4v) is 3.39. The summed E-state index contributed by atoms with van der Waals surface area (Å²) in [4.78, 5) is 29.0. The second kappa shape index (κ2) is 5.96. The van der Waals surface area contributed by atoms with Crippen LogP contribution in [0.3, 0.4) is 0 Å². The monoisotopic (exact) mass is 315 g/mol. The first kappa shape index (κ1) is 14.8. The van der Waals surface area contributed by atoms with Crippen LogP contribution in [-0.4, -0.2) is 21.2 Å². The van der Waals surface area contributed by atoms with Crippen molar-refractivity contribution in [3.05, 3.63) is 51.9 Å². The van der Waals surface area contributed by atoms with Gasteiger partial charge in [0.1, 0.15) is 5.56 Å². The Morgan fingerprint density at radius 1 is 1.36 bits per heavy atom. The van der Waals surface area contributed by atoms with Gasteiger partial charge in [-0.15, -0.1) is 0 Å². The van der Waals surface area contributed by atoms with Crippen LogP contribution in [0.2, 0.25) is 0 Å². The third-order valence-corrected chi connectivity index (χ3v) is 4.60. The van der Waals surface area contributed by atoms with Gasteiger partial charge in [0, 0.05) is 24.2 Å². The van der Waals surface area contributed by atoms with Crippen LogP contribution in [0.5, 0.6) is 0 Å². The molecule has 2 aromatic rings. The second-order valence-corrected chi connectivity index (χ2v) is 6.52. The van der Waals surface area contributed by atoms with Gasteiger partial charge in [-0.25, -0.2) is 4.98 Å². The zero-order valence-corrected chi connectivity index (χ0v) is 13.3. The van der Waals surface area contributed by atoms with Gasteiger partial charge in [-0.1, -0.05) is 43.8 Å². The first-order valence-corrected chi connectivity index (χ1v) is 8.19. The highest BCUT2D eigenvalue weighted by molar-refractivity contribution is 7.99. The largest absolute Gasteiger partial charge is 0.322 e. The van der Waals surface area contributed by atoms with Gasteiger partial charge < -0.3 is 5.32 Å². The van der Waals surface area contributed by atoms with Gasteiger partial charge in [0.15, 0.2) is 5.16 Å². The van der Waals surface area contributed by atoms with Crippen LogP contribution < -0.4 is 10.9 Å². The van der Waals surface area contributed by atoms with Crippen LogP contribution in [0.4, 0.5) is 5.69 Å². The molecule has 0 bridgehead atoms. The summed E-state index contributed by atoms with van der Waals surface area (Å²) in [6.07, 6.45) is 1.37. The number of fused-ring (bicyclic) bond motifs is 1. The van der Waals surface area contributed by atoms with Crippen molar-refractivity contribution >= 4 is 23.4 Å². The molecule has 114 valence electrons. The zero-order valence-electron chi connectivity index (χ0n) is 12.5. The van der Waals surface area contributed by atoms with Crippen molar-refractivity contribution in [1.29, 1.82) is 0 Å². The molecule has 0 saturated heterocycles. The van der Waals surface area contributed by atoms with E-state index in [9.17, 15) is 9.59 Å². The standard InChI is InChI=1S/C16H17N3O2S/c1-10(2)11-5-3-4-6-13(11)18-14(20)12-9-17-16-19(15(12)21)7-8-22-16/h3-6,9-10H,7-8H2,1-2H3,(H,18,20). The Labute approximate surface area is 132 Å². The molecule has 2 heterocycles. The quantitative estimate of drug-likeness (QED) is 0.885. The number of hydrogen-bond donors (Lipinski definition) is 1. The molecule has 0 radical (unpaired) electrons. The van der Waals surface area contributed by atoms with Gasteiger partial charge >= 0.3 is 0 Å². The minimum atomic E-state index is -0.405. The Balaban J connectivity index is 1.92. The third kappa shape index (κ3) is 2.66. The fourth-order valence-electron chi connectivity index (χ4n) is 2.48. The van der Waals surface area contributed by atoms with Crippen molar-refractivity contribution in [1.82, 2.24) is 9.55 Å². The number of para-hydroxylation sites is 1. The molecule has 0 unspecified atom stereocenters. The highest BCUT2D eigenvalue weighted by atomic mass is 32.2. The molecular formula is C16H17N3O2S. The van der Waals surface area contributed by atoms with E-state index in [1.54, 1.807) is 4.57 Å². The van der Waals surface area contributed by atoms with Crippen LogP contribution in [0.1, 0.15) is 35.7 Å². The number of hydrogen-bond acceptors (Lipinski definition) is 4. The van der Waals surface area contributed by atoms with Crippen molar-refractivity contribution in [2.75, 3.05) is 11.1 Å². The molecule has 0 spiro atoms. The van der Waals surface area contributed by atoms with Crippen LogP contribution >= 0.6 is 11.8 Å². The van der Waals surface area contributed by atoms with Crippen LogP contribution in [0.25, 0.3) is 0 Å². The highest BCUT2D eigenvalue weighted by Crippen LogP contribution is 2.24. The molecule has 0 saturated carbocycles. The molecular weight excluding hydrogens is 298 g/mol. The molecule has 0 fully saturated rings. The topological polar surface area (TPSA) is 64.0 Å². The molecule has 1 aromatic carbocycles.